The Kier molecular flexibility index (Phi) is 5.71. The van der Waals surface area contributed by atoms with Crippen molar-refractivity contribution in [2.24, 2.45) is 0 Å². The van der Waals surface area contributed by atoms with Gasteiger partial charge in [0.15, 0.2) is 11.8 Å². The minimum atomic E-state index is -0.903. The molecule has 0 saturated carbocycles. The molecular formula is C23H21ClN4O4. The molecule has 0 bridgehead atoms. The van der Waals surface area contributed by atoms with Gasteiger partial charge < -0.3 is 9.64 Å². The second kappa shape index (κ2) is 8.47. The van der Waals surface area contributed by atoms with Crippen molar-refractivity contribution in [3.05, 3.63) is 81.2 Å². The van der Waals surface area contributed by atoms with Crippen molar-refractivity contribution in [1.82, 2.24) is 14.7 Å². The topological polar surface area (TPSA) is 84.7 Å². The third-order valence-corrected chi connectivity index (χ3v) is 5.45. The Hall–Kier alpha value is -3.65. The number of benzene rings is 2. The Morgan fingerprint density at radius 1 is 1.09 bits per heavy atom. The van der Waals surface area contributed by atoms with Crippen LogP contribution >= 0.6 is 11.6 Å². The van der Waals surface area contributed by atoms with Crippen LogP contribution < -0.4 is 15.1 Å². The minimum Gasteiger partial charge on any atom is -0.476 e. The van der Waals surface area contributed by atoms with Gasteiger partial charge >= 0.3 is 0 Å². The van der Waals surface area contributed by atoms with Crippen LogP contribution in [-0.2, 0) is 4.79 Å². The van der Waals surface area contributed by atoms with Gasteiger partial charge in [-0.2, -0.15) is 5.10 Å². The highest BCUT2D eigenvalue weighted by Crippen LogP contribution is 2.34. The molecule has 4 rings (SSSR count). The first kappa shape index (κ1) is 21.6. The Labute approximate surface area is 189 Å². The van der Waals surface area contributed by atoms with Crippen molar-refractivity contribution in [2.75, 3.05) is 25.5 Å². The molecule has 1 atom stereocenters. The molecule has 9 heteroatoms. The number of ether oxygens (including phenoxy) is 1. The average Bonchev–Trinajstić information content (AvgIpc) is 2.78. The largest absolute Gasteiger partial charge is 0.476 e. The number of amides is 2. The van der Waals surface area contributed by atoms with E-state index in [1.54, 1.807) is 69.6 Å². The Bertz CT molecular complexity index is 1270. The van der Waals surface area contributed by atoms with E-state index in [1.807, 2.05) is 0 Å². The predicted octanol–water partition coefficient (Wildman–Crippen LogP) is 2.69. The number of anilines is 1. The van der Waals surface area contributed by atoms with E-state index in [4.69, 9.17) is 16.3 Å². The second-order valence-electron chi connectivity index (χ2n) is 7.58. The van der Waals surface area contributed by atoms with Crippen molar-refractivity contribution < 1.29 is 14.3 Å². The molecule has 1 aliphatic heterocycles. The molecular weight excluding hydrogens is 432 g/mol. The lowest BCUT2D eigenvalue weighted by Crippen LogP contribution is -2.51. The quantitative estimate of drug-likeness (QED) is 0.610. The third-order valence-electron chi connectivity index (χ3n) is 5.13. The maximum Gasteiger partial charge on any atom is 0.283 e. The van der Waals surface area contributed by atoms with Gasteiger partial charge in [0.25, 0.3) is 11.8 Å². The number of hydrogen-bond acceptors (Lipinski definition) is 5. The molecule has 8 nitrogen and oxygen atoms in total. The van der Waals surface area contributed by atoms with E-state index in [2.05, 4.69) is 5.10 Å². The molecule has 1 aromatic heterocycles. The van der Waals surface area contributed by atoms with E-state index < -0.39 is 17.4 Å². The number of likely N-dealkylation sites (N-methyl/N-ethyl adjacent to an activating group) is 1. The summed E-state index contributed by atoms with van der Waals surface area (Å²) in [5.74, 6) is -0.531. The highest BCUT2D eigenvalue weighted by molar-refractivity contribution is 6.32. The highest BCUT2D eigenvalue weighted by Gasteiger charge is 2.36. The van der Waals surface area contributed by atoms with Gasteiger partial charge in [0.2, 0.25) is 5.43 Å². The Balaban J connectivity index is 1.80. The van der Waals surface area contributed by atoms with E-state index in [9.17, 15) is 14.4 Å². The zero-order valence-electron chi connectivity index (χ0n) is 17.8. The fourth-order valence-corrected chi connectivity index (χ4v) is 3.75. The summed E-state index contributed by atoms with van der Waals surface area (Å²) >= 11 is 6.31. The van der Waals surface area contributed by atoms with Crippen LogP contribution in [0.25, 0.3) is 5.69 Å². The fraction of sp³-hybridized carbons (Fsp3) is 0.217. The summed E-state index contributed by atoms with van der Waals surface area (Å²) in [6.07, 6.45) is -0.903. The fourth-order valence-electron chi connectivity index (χ4n) is 3.53. The summed E-state index contributed by atoms with van der Waals surface area (Å²) in [6.45, 7) is 1.66. The second-order valence-corrected chi connectivity index (χ2v) is 7.99. The molecule has 32 heavy (non-hydrogen) atoms. The number of halogens is 1. The van der Waals surface area contributed by atoms with Gasteiger partial charge in [-0.05, 0) is 31.2 Å². The molecule has 0 aliphatic carbocycles. The first-order valence-electron chi connectivity index (χ1n) is 9.92. The minimum absolute atomic E-state index is 0.0477. The normalized spacial score (nSPS) is 15.0. The lowest BCUT2D eigenvalue weighted by molar-refractivity contribution is -0.135. The zero-order chi connectivity index (χ0) is 23.0. The molecule has 164 valence electrons. The van der Waals surface area contributed by atoms with Crippen molar-refractivity contribution in [3.8, 4) is 11.4 Å². The number of para-hydroxylation sites is 3. The molecule has 2 heterocycles. The molecule has 0 fully saturated rings. The summed E-state index contributed by atoms with van der Waals surface area (Å²) < 4.78 is 7.29. The van der Waals surface area contributed by atoms with E-state index >= 15 is 0 Å². The van der Waals surface area contributed by atoms with Crippen molar-refractivity contribution in [2.45, 2.75) is 13.0 Å². The molecule has 3 aromatic rings. The van der Waals surface area contributed by atoms with Gasteiger partial charge in [0, 0.05) is 25.9 Å². The van der Waals surface area contributed by atoms with Gasteiger partial charge in [0.1, 0.15) is 5.75 Å². The number of hydrogen-bond donors (Lipinski definition) is 0. The van der Waals surface area contributed by atoms with E-state index in [0.29, 0.717) is 27.8 Å². The third kappa shape index (κ3) is 3.85. The standard InChI is InChI=1S/C23H21ClN4O4/c1-14-12-18(29)21(25-28(14)16-9-5-4-8-15(16)24)23(31)27-13-20(22(30)26(2)3)32-19-11-7-6-10-17(19)27/h4-12,20H,13H2,1-3H3/t20-/m0/s1. The predicted molar refractivity (Wildman–Crippen MR) is 121 cm³/mol. The van der Waals surface area contributed by atoms with Crippen LogP contribution in [0.15, 0.2) is 59.4 Å². The molecule has 0 radical (unpaired) electrons. The average molecular weight is 453 g/mol. The van der Waals surface area contributed by atoms with Crippen LogP contribution in [0.3, 0.4) is 0 Å². The van der Waals surface area contributed by atoms with E-state index in [0.717, 1.165) is 0 Å². The van der Waals surface area contributed by atoms with E-state index in [1.165, 1.54) is 20.5 Å². The first-order chi connectivity index (χ1) is 15.3. The molecule has 0 unspecified atom stereocenters. The number of aromatic nitrogens is 2. The number of carbonyl (C=O) groups excluding carboxylic acids is 2. The van der Waals surface area contributed by atoms with Crippen LogP contribution in [0.2, 0.25) is 5.02 Å². The van der Waals surface area contributed by atoms with Crippen molar-refractivity contribution >= 4 is 29.1 Å². The van der Waals surface area contributed by atoms with Crippen molar-refractivity contribution in [3.63, 3.8) is 0 Å². The lowest BCUT2D eigenvalue weighted by Gasteiger charge is -2.34. The van der Waals surface area contributed by atoms with E-state index in [-0.39, 0.29) is 18.1 Å². The summed E-state index contributed by atoms with van der Waals surface area (Å²) in [7, 11) is 3.23. The monoisotopic (exact) mass is 452 g/mol. The van der Waals surface area contributed by atoms with Crippen LogP contribution in [-0.4, -0.2) is 53.2 Å². The van der Waals surface area contributed by atoms with Crippen LogP contribution in [0, 0.1) is 6.92 Å². The highest BCUT2D eigenvalue weighted by atomic mass is 35.5. The molecule has 0 N–H and O–H groups in total. The van der Waals surface area contributed by atoms with Gasteiger partial charge in [0.05, 0.1) is 22.9 Å². The van der Waals surface area contributed by atoms with Gasteiger partial charge in [-0.3, -0.25) is 19.3 Å². The number of fused-ring (bicyclic) bond motifs is 1. The molecule has 1 aliphatic rings. The van der Waals surface area contributed by atoms with Crippen LogP contribution in [0.5, 0.6) is 5.75 Å². The first-order valence-corrected chi connectivity index (χ1v) is 10.3. The number of nitrogens with zero attached hydrogens (tertiary/aromatic N) is 4. The lowest BCUT2D eigenvalue weighted by atomic mass is 10.1. The maximum absolute atomic E-state index is 13.5. The van der Waals surface area contributed by atoms with Gasteiger partial charge in [-0.15, -0.1) is 0 Å². The van der Waals surface area contributed by atoms with Crippen molar-refractivity contribution in [1.29, 1.82) is 0 Å². The Morgan fingerprint density at radius 2 is 1.75 bits per heavy atom. The number of aryl methyl sites for hydroxylation is 1. The smallest absolute Gasteiger partial charge is 0.283 e. The maximum atomic E-state index is 13.5. The molecule has 2 aromatic carbocycles. The molecule has 2 amide bonds. The summed E-state index contributed by atoms with van der Waals surface area (Å²) in [6, 6.07) is 15.2. The Morgan fingerprint density at radius 3 is 2.44 bits per heavy atom. The van der Waals surface area contributed by atoms with Gasteiger partial charge in [-0.25, -0.2) is 4.68 Å². The molecule has 0 saturated heterocycles. The summed E-state index contributed by atoms with van der Waals surface area (Å²) in [5.41, 5.74) is 0.747. The van der Waals surface area contributed by atoms with Crippen LogP contribution in [0.4, 0.5) is 5.69 Å². The summed E-state index contributed by atoms with van der Waals surface area (Å²) in [5, 5.41) is 4.78. The number of rotatable bonds is 3. The van der Waals surface area contributed by atoms with Crippen LogP contribution in [0.1, 0.15) is 16.2 Å². The SMILES string of the molecule is Cc1cc(=O)c(C(=O)N2C[C@@H](C(=O)N(C)C)Oc3ccccc32)nn1-c1ccccc1Cl. The molecule has 0 spiro atoms. The summed E-state index contributed by atoms with van der Waals surface area (Å²) in [4.78, 5) is 41.6. The number of carbonyl (C=O) groups is 2. The zero-order valence-corrected chi connectivity index (χ0v) is 18.5. The van der Waals surface area contributed by atoms with Gasteiger partial charge in [-0.1, -0.05) is 35.9 Å².